The molecule has 0 aliphatic carbocycles. The maximum atomic E-state index is 10.7. The summed E-state index contributed by atoms with van der Waals surface area (Å²) in [5, 5.41) is 10.8. The van der Waals surface area contributed by atoms with Gasteiger partial charge in [0.05, 0.1) is 9.80 Å². The number of thiophene rings is 1. The van der Waals surface area contributed by atoms with Crippen molar-refractivity contribution in [3.63, 3.8) is 0 Å². The molecule has 0 amide bonds. The highest BCUT2D eigenvalue weighted by Crippen LogP contribution is 2.36. The normalized spacial score (nSPS) is 11.1. The molecule has 20 heavy (non-hydrogen) atoms. The molecule has 6 nitrogen and oxygen atoms in total. The van der Waals surface area contributed by atoms with Gasteiger partial charge >= 0.3 is 5.00 Å². The van der Waals surface area contributed by atoms with Crippen LogP contribution in [-0.2, 0) is 0 Å². The third-order valence-corrected chi connectivity index (χ3v) is 4.82. The highest BCUT2D eigenvalue weighted by atomic mass is 79.9. The fourth-order valence-electron chi connectivity index (χ4n) is 1.91. The molecule has 0 aliphatic heterocycles. The van der Waals surface area contributed by atoms with E-state index in [1.54, 1.807) is 10.5 Å². The second-order valence-corrected chi connectivity index (χ2v) is 6.19. The summed E-state index contributed by atoms with van der Waals surface area (Å²) in [5.74, 6) is 0.470. The maximum Gasteiger partial charge on any atom is 0.324 e. The molecule has 3 rings (SSSR count). The average Bonchev–Trinajstić information content (AvgIpc) is 2.97. The zero-order valence-electron chi connectivity index (χ0n) is 10.3. The van der Waals surface area contributed by atoms with E-state index < -0.39 is 4.92 Å². The van der Waals surface area contributed by atoms with Crippen LogP contribution in [0.4, 0.5) is 10.8 Å². The number of imidazole rings is 1. The average molecular weight is 353 g/mol. The minimum absolute atomic E-state index is 0.0776. The lowest BCUT2D eigenvalue weighted by Gasteiger charge is -2.00. The molecule has 0 aromatic carbocycles. The van der Waals surface area contributed by atoms with E-state index in [-0.39, 0.29) is 5.00 Å². The van der Waals surface area contributed by atoms with Gasteiger partial charge in [0.25, 0.3) is 0 Å². The van der Waals surface area contributed by atoms with Crippen LogP contribution in [0.1, 0.15) is 5.56 Å². The van der Waals surface area contributed by atoms with E-state index in [0.29, 0.717) is 22.0 Å². The first-order valence-electron chi connectivity index (χ1n) is 5.65. The summed E-state index contributed by atoms with van der Waals surface area (Å²) >= 11 is 4.51. The van der Waals surface area contributed by atoms with Gasteiger partial charge < -0.3 is 5.73 Å². The first-order chi connectivity index (χ1) is 9.47. The van der Waals surface area contributed by atoms with Gasteiger partial charge in [-0.05, 0) is 40.5 Å². The van der Waals surface area contributed by atoms with E-state index in [4.69, 9.17) is 5.73 Å². The van der Waals surface area contributed by atoms with Gasteiger partial charge in [-0.3, -0.25) is 14.5 Å². The molecular weight excluding hydrogens is 344 g/mol. The summed E-state index contributed by atoms with van der Waals surface area (Å²) in [6, 6.07) is 5.04. The summed E-state index contributed by atoms with van der Waals surface area (Å²) < 4.78 is 2.69. The van der Waals surface area contributed by atoms with Gasteiger partial charge in [-0.1, -0.05) is 11.3 Å². The number of pyridine rings is 1. The second-order valence-electron chi connectivity index (χ2n) is 4.27. The van der Waals surface area contributed by atoms with Crippen molar-refractivity contribution in [1.82, 2.24) is 9.38 Å². The van der Waals surface area contributed by atoms with E-state index in [9.17, 15) is 10.1 Å². The number of nitrogens with zero attached hydrogens (tertiary/aromatic N) is 3. The molecule has 0 saturated carbocycles. The summed E-state index contributed by atoms with van der Waals surface area (Å²) in [6.07, 6.45) is 1.85. The zero-order valence-corrected chi connectivity index (χ0v) is 12.7. The van der Waals surface area contributed by atoms with E-state index in [2.05, 4.69) is 20.9 Å². The number of nitrogens with two attached hydrogens (primary N) is 1. The Morgan fingerprint density at radius 1 is 1.50 bits per heavy atom. The van der Waals surface area contributed by atoms with E-state index in [0.717, 1.165) is 21.4 Å². The number of rotatable bonds is 2. The monoisotopic (exact) mass is 352 g/mol. The van der Waals surface area contributed by atoms with Crippen LogP contribution in [0.5, 0.6) is 0 Å². The number of hydrogen-bond donors (Lipinski definition) is 1. The van der Waals surface area contributed by atoms with Crippen LogP contribution in [0, 0.1) is 17.0 Å². The summed E-state index contributed by atoms with van der Waals surface area (Å²) in [4.78, 5) is 15.5. The Labute approximate surface area is 126 Å². The molecule has 102 valence electrons. The molecule has 2 N–H and O–H groups in total. The highest BCUT2D eigenvalue weighted by molar-refractivity contribution is 9.10. The lowest BCUT2D eigenvalue weighted by Crippen LogP contribution is -1.94. The smallest absolute Gasteiger partial charge is 0.324 e. The van der Waals surface area contributed by atoms with E-state index >= 15 is 0 Å². The van der Waals surface area contributed by atoms with Crippen molar-refractivity contribution in [3.8, 4) is 10.6 Å². The molecule has 3 aromatic rings. The Morgan fingerprint density at radius 3 is 2.90 bits per heavy atom. The van der Waals surface area contributed by atoms with Crippen molar-refractivity contribution in [2.24, 2.45) is 0 Å². The standard InChI is InChI=1S/C12H9BrN4O2S/c1-6-4-9-15-11(12(14)16(9)5-7(6)13)8-2-3-10(20-8)17(18)19/h2-5H,14H2,1H3. The van der Waals surface area contributed by atoms with Crippen LogP contribution in [0.25, 0.3) is 16.2 Å². The zero-order chi connectivity index (χ0) is 14.4. The fraction of sp³-hybridized carbons (Fsp3) is 0.0833. The highest BCUT2D eigenvalue weighted by Gasteiger charge is 2.17. The van der Waals surface area contributed by atoms with Gasteiger partial charge in [0.1, 0.15) is 17.2 Å². The number of aromatic nitrogens is 2. The number of nitro groups is 1. The van der Waals surface area contributed by atoms with Crippen LogP contribution in [-0.4, -0.2) is 14.3 Å². The molecule has 3 aromatic heterocycles. The lowest BCUT2D eigenvalue weighted by atomic mass is 10.3. The van der Waals surface area contributed by atoms with E-state index in [1.807, 2.05) is 19.2 Å². The summed E-state index contributed by atoms with van der Waals surface area (Å²) in [7, 11) is 0. The lowest BCUT2D eigenvalue weighted by molar-refractivity contribution is -0.380. The molecule has 0 spiro atoms. The quantitative estimate of drug-likeness (QED) is 0.563. The first kappa shape index (κ1) is 13.1. The Morgan fingerprint density at radius 2 is 2.25 bits per heavy atom. The third kappa shape index (κ3) is 1.97. The van der Waals surface area contributed by atoms with Crippen LogP contribution in [0.15, 0.2) is 28.9 Å². The topological polar surface area (TPSA) is 86.5 Å². The SMILES string of the molecule is Cc1cc2nc(-c3ccc([N+](=O)[O-])s3)c(N)n2cc1Br. The van der Waals surface area contributed by atoms with Crippen LogP contribution in [0.2, 0.25) is 0 Å². The molecule has 8 heteroatoms. The Balaban J connectivity index is 2.20. The molecular formula is C12H9BrN4O2S. The van der Waals surface area contributed by atoms with Gasteiger partial charge in [0.2, 0.25) is 0 Å². The predicted molar refractivity (Wildman–Crippen MR) is 82.0 cm³/mol. The van der Waals surface area contributed by atoms with Gasteiger partial charge in [-0.15, -0.1) is 0 Å². The van der Waals surface area contributed by atoms with Crippen LogP contribution >= 0.6 is 27.3 Å². The van der Waals surface area contributed by atoms with Crippen molar-refractivity contribution in [1.29, 1.82) is 0 Å². The van der Waals surface area contributed by atoms with Crippen molar-refractivity contribution in [2.75, 3.05) is 5.73 Å². The van der Waals surface area contributed by atoms with Crippen molar-refractivity contribution >= 4 is 43.7 Å². The number of anilines is 1. The fourth-order valence-corrected chi connectivity index (χ4v) is 3.05. The van der Waals surface area contributed by atoms with Gasteiger partial charge in [0, 0.05) is 16.7 Å². The number of fused-ring (bicyclic) bond motifs is 1. The Bertz CT molecular complexity index is 839. The molecule has 0 bridgehead atoms. The molecule has 0 atom stereocenters. The van der Waals surface area contributed by atoms with Crippen molar-refractivity contribution in [3.05, 3.63) is 44.5 Å². The predicted octanol–water partition coefficient (Wildman–Crippen LogP) is 3.62. The number of nitrogen functional groups attached to an aromatic ring is 1. The Hall–Kier alpha value is -1.93. The van der Waals surface area contributed by atoms with E-state index in [1.165, 1.54) is 6.07 Å². The van der Waals surface area contributed by atoms with Crippen LogP contribution < -0.4 is 5.73 Å². The molecule has 0 radical (unpaired) electrons. The summed E-state index contributed by atoms with van der Waals surface area (Å²) in [5.41, 5.74) is 8.43. The first-order valence-corrected chi connectivity index (χ1v) is 7.26. The largest absolute Gasteiger partial charge is 0.383 e. The Kier molecular flexibility index (Phi) is 2.98. The third-order valence-electron chi connectivity index (χ3n) is 2.95. The second kappa shape index (κ2) is 4.57. The van der Waals surface area contributed by atoms with Gasteiger partial charge in [0.15, 0.2) is 0 Å². The van der Waals surface area contributed by atoms with Gasteiger partial charge in [-0.2, -0.15) is 0 Å². The minimum Gasteiger partial charge on any atom is -0.383 e. The van der Waals surface area contributed by atoms with Crippen LogP contribution in [0.3, 0.4) is 0 Å². The molecule has 0 fully saturated rings. The molecule has 0 aliphatic rings. The van der Waals surface area contributed by atoms with Crippen molar-refractivity contribution in [2.45, 2.75) is 6.92 Å². The molecule has 0 saturated heterocycles. The van der Waals surface area contributed by atoms with Crippen molar-refractivity contribution < 1.29 is 4.92 Å². The minimum atomic E-state index is -0.416. The molecule has 0 unspecified atom stereocenters. The molecule has 3 heterocycles. The number of hydrogen-bond acceptors (Lipinski definition) is 5. The maximum absolute atomic E-state index is 10.7. The number of halogens is 1. The number of aryl methyl sites for hydroxylation is 1. The summed E-state index contributed by atoms with van der Waals surface area (Å²) in [6.45, 7) is 1.96. The van der Waals surface area contributed by atoms with Gasteiger partial charge in [-0.25, -0.2) is 4.98 Å².